The number of ether oxygens (including phenoxy) is 1. The highest BCUT2D eigenvalue weighted by molar-refractivity contribution is 5.85. The SMILES string of the molecule is C[C@H]1CNCCN1C(=O)COc1ccc(F)cc1.Cl. The van der Waals surface area contributed by atoms with Crippen LogP contribution in [0.25, 0.3) is 0 Å². The summed E-state index contributed by atoms with van der Waals surface area (Å²) in [6.45, 7) is 4.32. The molecule has 1 aromatic carbocycles. The molecule has 1 heterocycles. The topological polar surface area (TPSA) is 41.6 Å². The molecule has 19 heavy (non-hydrogen) atoms. The number of nitrogens with zero attached hydrogens (tertiary/aromatic N) is 1. The monoisotopic (exact) mass is 288 g/mol. The van der Waals surface area contributed by atoms with Gasteiger partial charge in [0.25, 0.3) is 5.91 Å². The number of halogens is 2. The molecule has 1 fully saturated rings. The number of hydrogen-bond donors (Lipinski definition) is 1. The number of benzene rings is 1. The zero-order chi connectivity index (χ0) is 13.0. The number of hydrogen-bond acceptors (Lipinski definition) is 3. The maximum atomic E-state index is 12.7. The minimum atomic E-state index is -0.315. The first-order chi connectivity index (χ1) is 8.66. The van der Waals surface area contributed by atoms with E-state index >= 15 is 0 Å². The largest absolute Gasteiger partial charge is 0.484 e. The van der Waals surface area contributed by atoms with Crippen LogP contribution in [-0.4, -0.2) is 43.1 Å². The van der Waals surface area contributed by atoms with Gasteiger partial charge < -0.3 is 15.0 Å². The molecule has 6 heteroatoms. The van der Waals surface area contributed by atoms with Gasteiger partial charge in [-0.1, -0.05) is 0 Å². The van der Waals surface area contributed by atoms with E-state index in [9.17, 15) is 9.18 Å². The van der Waals surface area contributed by atoms with Crippen LogP contribution in [0.5, 0.6) is 5.75 Å². The molecule has 0 saturated carbocycles. The van der Waals surface area contributed by atoms with Gasteiger partial charge in [0, 0.05) is 25.7 Å². The van der Waals surface area contributed by atoms with Crippen molar-refractivity contribution in [2.75, 3.05) is 26.2 Å². The van der Waals surface area contributed by atoms with Gasteiger partial charge in [-0.25, -0.2) is 4.39 Å². The van der Waals surface area contributed by atoms with E-state index in [1.54, 1.807) is 4.90 Å². The van der Waals surface area contributed by atoms with Gasteiger partial charge in [0.15, 0.2) is 6.61 Å². The molecule has 106 valence electrons. The summed E-state index contributed by atoms with van der Waals surface area (Å²) in [6.07, 6.45) is 0. The van der Waals surface area contributed by atoms with E-state index in [4.69, 9.17) is 4.74 Å². The Morgan fingerprint density at radius 1 is 1.47 bits per heavy atom. The third kappa shape index (κ3) is 4.36. The van der Waals surface area contributed by atoms with E-state index in [1.165, 1.54) is 24.3 Å². The number of nitrogens with one attached hydrogen (secondary N) is 1. The van der Waals surface area contributed by atoms with Gasteiger partial charge in [0.05, 0.1) is 0 Å². The summed E-state index contributed by atoms with van der Waals surface area (Å²) in [6, 6.07) is 5.84. The molecule has 1 N–H and O–H groups in total. The van der Waals surface area contributed by atoms with Crippen molar-refractivity contribution in [3.63, 3.8) is 0 Å². The molecule has 1 aliphatic heterocycles. The van der Waals surface area contributed by atoms with Crippen molar-refractivity contribution in [1.29, 1.82) is 0 Å². The standard InChI is InChI=1S/C13H17FN2O2.ClH/c1-10-8-15-6-7-16(10)13(17)9-18-12-4-2-11(14)3-5-12;/h2-5,10,15H,6-9H2,1H3;1H/t10-;/m0./s1. The smallest absolute Gasteiger partial charge is 0.260 e. The fraction of sp³-hybridized carbons (Fsp3) is 0.462. The van der Waals surface area contributed by atoms with E-state index < -0.39 is 0 Å². The Balaban J connectivity index is 0.00000180. The van der Waals surface area contributed by atoms with Crippen molar-refractivity contribution >= 4 is 18.3 Å². The van der Waals surface area contributed by atoms with Crippen molar-refractivity contribution in [1.82, 2.24) is 10.2 Å². The average Bonchev–Trinajstić information content (AvgIpc) is 2.38. The fourth-order valence-corrected chi connectivity index (χ4v) is 1.97. The van der Waals surface area contributed by atoms with E-state index in [1.807, 2.05) is 6.92 Å². The summed E-state index contributed by atoms with van der Waals surface area (Å²) in [4.78, 5) is 13.8. The van der Waals surface area contributed by atoms with Gasteiger partial charge in [-0.2, -0.15) is 0 Å². The lowest BCUT2D eigenvalue weighted by molar-refractivity contribution is -0.136. The first-order valence-electron chi connectivity index (χ1n) is 6.05. The predicted octanol–water partition coefficient (Wildman–Crippen LogP) is 1.45. The van der Waals surface area contributed by atoms with Crippen LogP contribution < -0.4 is 10.1 Å². The summed E-state index contributed by atoms with van der Waals surface area (Å²) >= 11 is 0. The Hall–Kier alpha value is -1.33. The molecule has 0 aliphatic carbocycles. The molecule has 2 rings (SSSR count). The van der Waals surface area contributed by atoms with Gasteiger partial charge in [-0.3, -0.25) is 4.79 Å². The number of carbonyl (C=O) groups is 1. The van der Waals surface area contributed by atoms with E-state index in [-0.39, 0.29) is 36.8 Å². The Bertz CT molecular complexity index is 414. The van der Waals surface area contributed by atoms with Gasteiger partial charge in [-0.05, 0) is 31.2 Å². The minimum Gasteiger partial charge on any atom is -0.484 e. The fourth-order valence-electron chi connectivity index (χ4n) is 1.97. The zero-order valence-electron chi connectivity index (χ0n) is 10.8. The third-order valence-corrected chi connectivity index (χ3v) is 3.00. The zero-order valence-corrected chi connectivity index (χ0v) is 11.6. The molecule has 0 bridgehead atoms. The maximum absolute atomic E-state index is 12.7. The summed E-state index contributed by atoms with van der Waals surface area (Å²) in [5, 5.41) is 3.22. The maximum Gasteiger partial charge on any atom is 0.260 e. The van der Waals surface area contributed by atoms with Crippen molar-refractivity contribution in [2.45, 2.75) is 13.0 Å². The number of piperazine rings is 1. The van der Waals surface area contributed by atoms with Crippen LogP contribution in [0.2, 0.25) is 0 Å². The quantitative estimate of drug-likeness (QED) is 0.915. The van der Waals surface area contributed by atoms with E-state index in [0.29, 0.717) is 12.3 Å². The molecule has 1 aliphatic rings. The number of rotatable bonds is 3. The molecule has 0 unspecified atom stereocenters. The molecule has 0 spiro atoms. The molecular weight excluding hydrogens is 271 g/mol. The number of amides is 1. The highest BCUT2D eigenvalue weighted by atomic mass is 35.5. The lowest BCUT2D eigenvalue weighted by atomic mass is 10.2. The number of carbonyl (C=O) groups excluding carboxylic acids is 1. The third-order valence-electron chi connectivity index (χ3n) is 3.00. The summed E-state index contributed by atoms with van der Waals surface area (Å²) < 4.78 is 18.0. The first-order valence-corrected chi connectivity index (χ1v) is 6.05. The summed E-state index contributed by atoms with van der Waals surface area (Å²) in [7, 11) is 0. The molecular formula is C13H18ClFN2O2. The lowest BCUT2D eigenvalue weighted by Gasteiger charge is -2.33. The second-order valence-corrected chi connectivity index (χ2v) is 4.38. The van der Waals surface area contributed by atoms with Crippen molar-refractivity contribution < 1.29 is 13.9 Å². The van der Waals surface area contributed by atoms with E-state index in [2.05, 4.69) is 5.32 Å². The first kappa shape index (κ1) is 15.7. The van der Waals surface area contributed by atoms with Crippen molar-refractivity contribution in [3.05, 3.63) is 30.1 Å². The Kier molecular flexibility index (Phi) is 6.05. The Morgan fingerprint density at radius 3 is 2.79 bits per heavy atom. The van der Waals surface area contributed by atoms with Gasteiger partial charge in [0.2, 0.25) is 0 Å². The molecule has 1 atom stereocenters. The second kappa shape index (κ2) is 7.31. The van der Waals surface area contributed by atoms with Crippen LogP contribution in [0, 0.1) is 5.82 Å². The van der Waals surface area contributed by atoms with Gasteiger partial charge in [-0.15, -0.1) is 12.4 Å². The molecule has 1 aromatic rings. The second-order valence-electron chi connectivity index (χ2n) is 4.38. The van der Waals surface area contributed by atoms with Crippen LogP contribution >= 0.6 is 12.4 Å². The summed E-state index contributed by atoms with van der Waals surface area (Å²) in [5.41, 5.74) is 0. The molecule has 0 aromatic heterocycles. The van der Waals surface area contributed by atoms with Crippen LogP contribution in [0.4, 0.5) is 4.39 Å². The Morgan fingerprint density at radius 2 is 2.16 bits per heavy atom. The minimum absolute atomic E-state index is 0. The van der Waals surface area contributed by atoms with Crippen LogP contribution in [0.15, 0.2) is 24.3 Å². The molecule has 4 nitrogen and oxygen atoms in total. The molecule has 0 radical (unpaired) electrons. The van der Waals surface area contributed by atoms with Crippen LogP contribution in [-0.2, 0) is 4.79 Å². The molecule has 1 amide bonds. The van der Waals surface area contributed by atoms with Gasteiger partial charge in [0.1, 0.15) is 11.6 Å². The van der Waals surface area contributed by atoms with Crippen molar-refractivity contribution in [2.24, 2.45) is 0 Å². The van der Waals surface area contributed by atoms with Gasteiger partial charge >= 0.3 is 0 Å². The Labute approximate surface area is 118 Å². The summed E-state index contributed by atoms with van der Waals surface area (Å²) in [5.74, 6) is 0.158. The van der Waals surface area contributed by atoms with Crippen molar-refractivity contribution in [3.8, 4) is 5.75 Å². The van der Waals surface area contributed by atoms with Crippen LogP contribution in [0.1, 0.15) is 6.92 Å². The highest BCUT2D eigenvalue weighted by Crippen LogP contribution is 2.11. The predicted molar refractivity (Wildman–Crippen MR) is 73.2 cm³/mol. The normalized spacial score (nSPS) is 18.6. The van der Waals surface area contributed by atoms with E-state index in [0.717, 1.165) is 13.1 Å². The highest BCUT2D eigenvalue weighted by Gasteiger charge is 2.22. The van der Waals surface area contributed by atoms with Crippen LogP contribution in [0.3, 0.4) is 0 Å². The molecule has 1 saturated heterocycles. The average molecular weight is 289 g/mol. The lowest BCUT2D eigenvalue weighted by Crippen LogP contribution is -2.53.